The van der Waals surface area contributed by atoms with Gasteiger partial charge < -0.3 is 34.3 Å². The standard InChI is InChI=1S/C20H36O7Si/c1-20(2,3)28(4,5)27-14-16(21)17(22)18(23)19(24)26-12-11-25-13-15-9-7-6-8-10-15/h6-10,16-19,21-24H,11-14H2,1-5H3. The first kappa shape index (κ1) is 25.2. The quantitative estimate of drug-likeness (QED) is 0.233. The molecule has 0 saturated carbocycles. The highest BCUT2D eigenvalue weighted by Crippen LogP contribution is 2.36. The highest BCUT2D eigenvalue weighted by molar-refractivity contribution is 6.74. The van der Waals surface area contributed by atoms with Crippen LogP contribution in [0.5, 0.6) is 0 Å². The Kier molecular flexibility index (Phi) is 10.2. The van der Waals surface area contributed by atoms with Gasteiger partial charge in [0.2, 0.25) is 0 Å². The van der Waals surface area contributed by atoms with Gasteiger partial charge in [0.05, 0.1) is 26.4 Å². The van der Waals surface area contributed by atoms with E-state index >= 15 is 0 Å². The summed E-state index contributed by atoms with van der Waals surface area (Å²) in [7, 11) is -2.10. The van der Waals surface area contributed by atoms with Gasteiger partial charge in [-0.3, -0.25) is 0 Å². The first-order chi connectivity index (χ1) is 13.0. The van der Waals surface area contributed by atoms with E-state index in [0.717, 1.165) is 5.56 Å². The van der Waals surface area contributed by atoms with Crippen LogP contribution in [0.15, 0.2) is 30.3 Å². The first-order valence-corrected chi connectivity index (χ1v) is 12.5. The van der Waals surface area contributed by atoms with Gasteiger partial charge >= 0.3 is 0 Å². The second kappa shape index (κ2) is 11.4. The maximum Gasteiger partial charge on any atom is 0.192 e. The Bertz CT molecular complexity index is 547. The lowest BCUT2D eigenvalue weighted by molar-refractivity contribution is -0.208. The van der Waals surface area contributed by atoms with Crippen LogP contribution in [0.4, 0.5) is 0 Å². The summed E-state index contributed by atoms with van der Waals surface area (Å²) < 4.78 is 16.3. The molecule has 0 aliphatic carbocycles. The molecule has 8 heteroatoms. The molecule has 0 spiro atoms. The molecule has 162 valence electrons. The number of hydrogen-bond donors (Lipinski definition) is 4. The smallest absolute Gasteiger partial charge is 0.192 e. The summed E-state index contributed by atoms with van der Waals surface area (Å²) in [5, 5.41) is 40.0. The van der Waals surface area contributed by atoms with Crippen LogP contribution in [-0.4, -0.2) is 73.2 Å². The van der Waals surface area contributed by atoms with E-state index in [0.29, 0.717) is 6.61 Å². The molecule has 28 heavy (non-hydrogen) atoms. The van der Waals surface area contributed by atoms with Crippen molar-refractivity contribution in [3.8, 4) is 0 Å². The van der Waals surface area contributed by atoms with Crippen molar-refractivity contribution in [2.75, 3.05) is 19.8 Å². The summed E-state index contributed by atoms with van der Waals surface area (Å²) >= 11 is 0. The maximum atomic E-state index is 10.1. The van der Waals surface area contributed by atoms with Gasteiger partial charge in [0.25, 0.3) is 0 Å². The second-order valence-electron chi connectivity index (χ2n) is 8.42. The molecule has 0 fully saturated rings. The summed E-state index contributed by atoms with van der Waals surface area (Å²) in [5.74, 6) is 0. The van der Waals surface area contributed by atoms with E-state index in [4.69, 9.17) is 13.9 Å². The van der Waals surface area contributed by atoms with Crippen LogP contribution in [-0.2, 0) is 20.5 Å². The molecule has 0 radical (unpaired) electrons. The molecule has 4 N–H and O–H groups in total. The van der Waals surface area contributed by atoms with Crippen LogP contribution in [0.1, 0.15) is 26.3 Å². The summed E-state index contributed by atoms with van der Waals surface area (Å²) in [4.78, 5) is 0. The van der Waals surface area contributed by atoms with Gasteiger partial charge in [0, 0.05) is 0 Å². The molecule has 0 saturated heterocycles. The Balaban J connectivity index is 2.31. The molecular weight excluding hydrogens is 380 g/mol. The molecule has 7 nitrogen and oxygen atoms in total. The van der Waals surface area contributed by atoms with Gasteiger partial charge in [-0.1, -0.05) is 51.1 Å². The third-order valence-electron chi connectivity index (χ3n) is 5.09. The van der Waals surface area contributed by atoms with Crippen molar-refractivity contribution < 1.29 is 34.3 Å². The Hall–Kier alpha value is -0.843. The summed E-state index contributed by atoms with van der Waals surface area (Å²) in [6, 6.07) is 9.61. The third kappa shape index (κ3) is 8.26. The summed E-state index contributed by atoms with van der Waals surface area (Å²) in [6.07, 6.45) is -6.23. The largest absolute Gasteiger partial charge is 0.414 e. The van der Waals surface area contributed by atoms with Gasteiger partial charge in [0.1, 0.15) is 18.3 Å². The number of aliphatic hydroxyl groups excluding tert-OH is 4. The zero-order valence-electron chi connectivity index (χ0n) is 17.5. The topological polar surface area (TPSA) is 109 Å². The van der Waals surface area contributed by atoms with E-state index in [2.05, 4.69) is 20.8 Å². The Morgan fingerprint density at radius 3 is 2.11 bits per heavy atom. The Labute approximate surface area is 169 Å². The van der Waals surface area contributed by atoms with Crippen molar-refractivity contribution in [3.05, 3.63) is 35.9 Å². The van der Waals surface area contributed by atoms with Crippen LogP contribution in [0.2, 0.25) is 18.1 Å². The summed E-state index contributed by atoms with van der Waals surface area (Å²) in [6.45, 7) is 10.8. The molecule has 1 aromatic carbocycles. The molecule has 1 rings (SSSR count). The predicted octanol–water partition coefficient (Wildman–Crippen LogP) is 1.64. The normalized spacial score (nSPS) is 17.2. The van der Waals surface area contributed by atoms with Crippen LogP contribution < -0.4 is 0 Å². The molecule has 0 amide bonds. The average Bonchev–Trinajstić information content (AvgIpc) is 2.64. The van der Waals surface area contributed by atoms with E-state index < -0.39 is 32.9 Å². The SMILES string of the molecule is CC(C)(C)[Si](C)(C)OCC(O)C(O)C(O)C(O)OCCOCc1ccccc1. The van der Waals surface area contributed by atoms with E-state index in [1.165, 1.54) is 0 Å². The number of aliphatic hydroxyl groups is 4. The molecule has 0 heterocycles. The minimum Gasteiger partial charge on any atom is -0.414 e. The van der Waals surface area contributed by atoms with Crippen LogP contribution in [0.3, 0.4) is 0 Å². The van der Waals surface area contributed by atoms with Crippen LogP contribution >= 0.6 is 0 Å². The lowest BCUT2D eigenvalue weighted by atomic mass is 10.1. The number of ether oxygens (including phenoxy) is 2. The zero-order valence-corrected chi connectivity index (χ0v) is 18.5. The molecule has 4 atom stereocenters. The maximum absolute atomic E-state index is 10.1. The fourth-order valence-electron chi connectivity index (χ4n) is 2.10. The highest BCUT2D eigenvalue weighted by atomic mass is 28.4. The highest BCUT2D eigenvalue weighted by Gasteiger charge is 2.39. The van der Waals surface area contributed by atoms with Crippen LogP contribution in [0, 0.1) is 0 Å². The average molecular weight is 417 g/mol. The molecule has 4 unspecified atom stereocenters. The number of rotatable bonds is 12. The molecule has 0 bridgehead atoms. The monoisotopic (exact) mass is 416 g/mol. The van der Waals surface area contributed by atoms with Crippen molar-refractivity contribution >= 4 is 8.32 Å². The van der Waals surface area contributed by atoms with Crippen molar-refractivity contribution in [3.63, 3.8) is 0 Å². The van der Waals surface area contributed by atoms with Gasteiger partial charge in [-0.25, -0.2) is 0 Å². The van der Waals surface area contributed by atoms with Crippen molar-refractivity contribution in [1.29, 1.82) is 0 Å². The van der Waals surface area contributed by atoms with Crippen molar-refractivity contribution in [2.45, 2.75) is 70.1 Å². The molecule has 0 aliphatic rings. The lowest BCUT2D eigenvalue weighted by Crippen LogP contribution is -2.50. The van der Waals surface area contributed by atoms with Gasteiger partial charge in [0.15, 0.2) is 14.6 Å². The van der Waals surface area contributed by atoms with E-state index in [9.17, 15) is 20.4 Å². The minimum atomic E-state index is -2.10. The molecular formula is C20H36O7Si. The van der Waals surface area contributed by atoms with Crippen LogP contribution in [0.25, 0.3) is 0 Å². The second-order valence-corrected chi connectivity index (χ2v) is 13.2. The Morgan fingerprint density at radius 1 is 0.929 bits per heavy atom. The van der Waals surface area contributed by atoms with Crippen molar-refractivity contribution in [2.24, 2.45) is 0 Å². The molecule has 1 aromatic rings. The van der Waals surface area contributed by atoms with Gasteiger partial charge in [-0.15, -0.1) is 0 Å². The minimum absolute atomic E-state index is 0.0361. The molecule has 0 aromatic heterocycles. The van der Waals surface area contributed by atoms with Crippen molar-refractivity contribution in [1.82, 2.24) is 0 Å². The lowest BCUT2D eigenvalue weighted by Gasteiger charge is -2.37. The fraction of sp³-hybridized carbons (Fsp3) is 0.700. The zero-order chi connectivity index (χ0) is 21.4. The third-order valence-corrected chi connectivity index (χ3v) is 9.59. The van der Waals surface area contributed by atoms with E-state index in [1.54, 1.807) is 0 Å². The van der Waals surface area contributed by atoms with Gasteiger partial charge in [-0.2, -0.15) is 0 Å². The summed E-state index contributed by atoms with van der Waals surface area (Å²) in [5.41, 5.74) is 1.02. The predicted molar refractivity (Wildman–Crippen MR) is 109 cm³/mol. The van der Waals surface area contributed by atoms with E-state index in [-0.39, 0.29) is 24.9 Å². The van der Waals surface area contributed by atoms with E-state index in [1.807, 2.05) is 43.4 Å². The first-order valence-electron chi connectivity index (χ1n) is 9.55. The Morgan fingerprint density at radius 2 is 1.54 bits per heavy atom. The van der Waals surface area contributed by atoms with Gasteiger partial charge in [-0.05, 0) is 23.7 Å². The number of benzene rings is 1. The molecule has 0 aliphatic heterocycles. The fourth-order valence-corrected chi connectivity index (χ4v) is 3.12. The number of hydrogen-bond acceptors (Lipinski definition) is 7.